The number of hydrogen-bond acceptors (Lipinski definition) is 4. The first-order chi connectivity index (χ1) is 19.1. The average Bonchev–Trinajstić information content (AvgIpc) is 3.86. The summed E-state index contributed by atoms with van der Waals surface area (Å²) in [6, 6.07) is 15.3. The summed E-state index contributed by atoms with van der Waals surface area (Å²) < 4.78 is 48.0. The van der Waals surface area contributed by atoms with Crippen LogP contribution in [0.25, 0.3) is 11.1 Å². The highest BCUT2D eigenvalue weighted by Crippen LogP contribution is 2.58. The Bertz CT molecular complexity index is 1410. The number of carbonyl (C=O) groups is 1. The molecule has 0 unspecified atom stereocenters. The lowest BCUT2D eigenvalue weighted by atomic mass is 9.81. The van der Waals surface area contributed by atoms with Gasteiger partial charge in [0.25, 0.3) is 0 Å². The second kappa shape index (κ2) is 10.8. The number of rotatable bonds is 12. The summed E-state index contributed by atoms with van der Waals surface area (Å²) in [6.45, 7) is 4.25. The third-order valence-electron chi connectivity index (χ3n) is 8.79. The van der Waals surface area contributed by atoms with E-state index in [0.29, 0.717) is 22.4 Å². The molecule has 5 nitrogen and oxygen atoms in total. The van der Waals surface area contributed by atoms with Gasteiger partial charge < -0.3 is 19.3 Å². The van der Waals surface area contributed by atoms with E-state index in [-0.39, 0.29) is 41.5 Å². The van der Waals surface area contributed by atoms with E-state index in [1.54, 1.807) is 44.6 Å². The molecule has 3 aromatic rings. The molecule has 2 atom stereocenters. The molecule has 212 valence electrons. The Balaban J connectivity index is 1.46. The van der Waals surface area contributed by atoms with Gasteiger partial charge in [-0.2, -0.15) is 0 Å². The second-order valence-corrected chi connectivity index (χ2v) is 11.8. The van der Waals surface area contributed by atoms with Gasteiger partial charge in [0.1, 0.15) is 18.2 Å². The zero-order valence-electron chi connectivity index (χ0n) is 23.4. The molecule has 0 heterocycles. The minimum absolute atomic E-state index is 0.0587. The number of ether oxygens (including phenoxy) is 3. The molecular formula is C33H36F2O5. The molecule has 0 saturated heterocycles. The van der Waals surface area contributed by atoms with Gasteiger partial charge in [-0.05, 0) is 89.1 Å². The number of halogens is 2. The predicted octanol–water partition coefficient (Wildman–Crippen LogP) is 8.07. The van der Waals surface area contributed by atoms with Gasteiger partial charge in [-0.3, -0.25) is 4.79 Å². The molecule has 7 heteroatoms. The lowest BCUT2D eigenvalue weighted by Crippen LogP contribution is -2.17. The van der Waals surface area contributed by atoms with Crippen LogP contribution in [0, 0.1) is 22.5 Å². The maximum absolute atomic E-state index is 15.7. The van der Waals surface area contributed by atoms with E-state index >= 15 is 8.78 Å². The van der Waals surface area contributed by atoms with E-state index in [9.17, 15) is 9.90 Å². The Morgan fingerprint density at radius 2 is 1.65 bits per heavy atom. The summed E-state index contributed by atoms with van der Waals surface area (Å²) in [4.78, 5) is 11.5. The maximum Gasteiger partial charge on any atom is 0.303 e. The van der Waals surface area contributed by atoms with Crippen molar-refractivity contribution in [3.63, 3.8) is 0 Å². The molecule has 1 N–H and O–H groups in total. The quantitative estimate of drug-likeness (QED) is 0.247. The van der Waals surface area contributed by atoms with Crippen molar-refractivity contribution in [1.29, 1.82) is 0 Å². The van der Waals surface area contributed by atoms with Gasteiger partial charge in [0.2, 0.25) is 0 Å². The lowest BCUT2D eigenvalue weighted by Gasteiger charge is -2.26. The Hall–Kier alpha value is -3.45. The van der Waals surface area contributed by atoms with Crippen LogP contribution in [0.4, 0.5) is 8.78 Å². The fourth-order valence-corrected chi connectivity index (χ4v) is 5.77. The molecule has 0 aromatic heterocycles. The van der Waals surface area contributed by atoms with Crippen molar-refractivity contribution in [2.24, 2.45) is 10.8 Å². The summed E-state index contributed by atoms with van der Waals surface area (Å²) in [5, 5.41) is 9.46. The molecule has 0 radical (unpaired) electrons. The summed E-state index contributed by atoms with van der Waals surface area (Å²) >= 11 is 0. The highest BCUT2D eigenvalue weighted by molar-refractivity contribution is 5.71. The van der Waals surface area contributed by atoms with Gasteiger partial charge >= 0.3 is 5.97 Å². The molecular weight excluding hydrogens is 514 g/mol. The van der Waals surface area contributed by atoms with Crippen molar-refractivity contribution < 1.29 is 32.9 Å². The molecule has 0 spiro atoms. The van der Waals surface area contributed by atoms with Gasteiger partial charge in [0, 0.05) is 18.6 Å². The Labute approximate surface area is 234 Å². The number of carboxylic acid groups (broad SMARTS) is 1. The standard InChI is InChI=1S/C33H36F2O5/c1-32(12-13-32)26(18-29(36)37)23-6-5-7-28(30(23)35)40-19-20-8-10-22(24-17-21(38-3)9-11-27(24)34)25(16-20)31(39-4)33(2)14-15-33/h5-11,16-17,26,31H,12-15,18-19H2,1-4H3,(H,36,37)/t26-,31-/m1/s1. The summed E-state index contributed by atoms with van der Waals surface area (Å²) in [7, 11) is 3.21. The van der Waals surface area contributed by atoms with E-state index in [1.807, 2.05) is 25.1 Å². The van der Waals surface area contributed by atoms with Crippen LogP contribution in [0.1, 0.15) is 74.7 Å². The fourth-order valence-electron chi connectivity index (χ4n) is 5.77. The summed E-state index contributed by atoms with van der Waals surface area (Å²) in [6.07, 6.45) is 3.36. The molecule has 2 aliphatic rings. The van der Waals surface area contributed by atoms with E-state index in [0.717, 1.165) is 36.8 Å². The smallest absolute Gasteiger partial charge is 0.303 e. The highest BCUT2D eigenvalue weighted by Gasteiger charge is 2.48. The molecule has 0 bridgehead atoms. The van der Waals surface area contributed by atoms with Crippen LogP contribution >= 0.6 is 0 Å². The van der Waals surface area contributed by atoms with Gasteiger partial charge in [0.15, 0.2) is 11.6 Å². The minimum Gasteiger partial charge on any atom is -0.497 e. The summed E-state index contributed by atoms with van der Waals surface area (Å²) in [5.41, 5.74) is 2.86. The Morgan fingerprint density at radius 3 is 2.27 bits per heavy atom. The van der Waals surface area contributed by atoms with Crippen LogP contribution < -0.4 is 9.47 Å². The van der Waals surface area contributed by atoms with Gasteiger partial charge in [-0.25, -0.2) is 8.78 Å². The largest absolute Gasteiger partial charge is 0.497 e. The summed E-state index contributed by atoms with van der Waals surface area (Å²) in [5.74, 6) is -1.60. The number of methoxy groups -OCH3 is 2. The first kappa shape index (κ1) is 28.1. The number of benzene rings is 3. The molecule has 0 aliphatic heterocycles. The van der Waals surface area contributed by atoms with E-state index in [2.05, 4.69) is 6.92 Å². The van der Waals surface area contributed by atoms with Crippen molar-refractivity contribution in [1.82, 2.24) is 0 Å². The van der Waals surface area contributed by atoms with Crippen LogP contribution in [0.5, 0.6) is 11.5 Å². The maximum atomic E-state index is 15.7. The highest BCUT2D eigenvalue weighted by atomic mass is 19.1. The monoisotopic (exact) mass is 550 g/mol. The van der Waals surface area contributed by atoms with E-state index in [1.165, 1.54) is 6.07 Å². The number of aliphatic carboxylic acids is 1. The zero-order valence-corrected chi connectivity index (χ0v) is 23.4. The first-order valence-electron chi connectivity index (χ1n) is 13.7. The fraction of sp³-hybridized carbons (Fsp3) is 0.424. The first-order valence-corrected chi connectivity index (χ1v) is 13.7. The molecule has 40 heavy (non-hydrogen) atoms. The molecule has 0 amide bonds. The number of carboxylic acids is 1. The zero-order chi connectivity index (χ0) is 28.7. The second-order valence-electron chi connectivity index (χ2n) is 11.8. The normalized spacial score (nSPS) is 18.1. The van der Waals surface area contributed by atoms with Crippen LogP contribution in [0.2, 0.25) is 0 Å². The average molecular weight is 551 g/mol. The molecule has 2 aliphatic carbocycles. The van der Waals surface area contributed by atoms with Gasteiger partial charge in [-0.15, -0.1) is 0 Å². The third-order valence-corrected chi connectivity index (χ3v) is 8.79. The number of hydrogen-bond donors (Lipinski definition) is 1. The molecule has 2 fully saturated rings. The Kier molecular flexibility index (Phi) is 7.62. The molecule has 5 rings (SSSR count). The topological polar surface area (TPSA) is 65.0 Å². The molecule has 2 saturated carbocycles. The van der Waals surface area contributed by atoms with Crippen molar-refractivity contribution in [2.45, 2.75) is 64.6 Å². The minimum atomic E-state index is -0.944. The lowest BCUT2D eigenvalue weighted by molar-refractivity contribution is -0.137. The third kappa shape index (κ3) is 5.57. The van der Waals surface area contributed by atoms with Crippen molar-refractivity contribution in [2.75, 3.05) is 14.2 Å². The van der Waals surface area contributed by atoms with Crippen molar-refractivity contribution in [3.8, 4) is 22.6 Å². The SMILES string of the molecule is COc1ccc(F)c(-c2ccc(COc3cccc([C@@H](CC(=O)O)C4(C)CC4)c3F)cc2[C@@H](OC)C2(C)CC2)c1. The van der Waals surface area contributed by atoms with Gasteiger partial charge in [-0.1, -0.05) is 38.1 Å². The van der Waals surface area contributed by atoms with Crippen molar-refractivity contribution in [3.05, 3.63) is 82.9 Å². The van der Waals surface area contributed by atoms with E-state index < -0.39 is 17.7 Å². The molecule has 3 aromatic carbocycles. The van der Waals surface area contributed by atoms with Crippen LogP contribution in [-0.2, 0) is 16.1 Å². The van der Waals surface area contributed by atoms with Crippen LogP contribution in [-0.4, -0.2) is 25.3 Å². The van der Waals surface area contributed by atoms with E-state index in [4.69, 9.17) is 14.2 Å². The van der Waals surface area contributed by atoms with Crippen LogP contribution in [0.15, 0.2) is 54.6 Å². The van der Waals surface area contributed by atoms with Crippen molar-refractivity contribution >= 4 is 5.97 Å². The van der Waals surface area contributed by atoms with Gasteiger partial charge in [0.05, 0.1) is 19.6 Å². The predicted molar refractivity (Wildman–Crippen MR) is 149 cm³/mol. The Morgan fingerprint density at radius 1 is 0.925 bits per heavy atom. The van der Waals surface area contributed by atoms with Crippen LogP contribution in [0.3, 0.4) is 0 Å².